The summed E-state index contributed by atoms with van der Waals surface area (Å²) in [6, 6.07) is 16.9. The van der Waals surface area contributed by atoms with Crippen LogP contribution in [0.1, 0.15) is 16.8 Å². The second kappa shape index (κ2) is 6.99. The minimum atomic E-state index is 0.839. The van der Waals surface area contributed by atoms with Gasteiger partial charge in [0.05, 0.1) is 24.4 Å². The molecule has 1 fully saturated rings. The topological polar surface area (TPSA) is 41.2 Å². The monoisotopic (exact) mass is 319 g/mol. The van der Waals surface area contributed by atoms with Gasteiger partial charge in [0.2, 0.25) is 0 Å². The fourth-order valence-electron chi connectivity index (χ4n) is 3.10. The second-order valence-corrected chi connectivity index (χ2v) is 6.12. The van der Waals surface area contributed by atoms with Gasteiger partial charge in [-0.2, -0.15) is 5.10 Å². The van der Waals surface area contributed by atoms with Gasteiger partial charge in [-0.05, 0) is 23.3 Å². The number of benzene rings is 2. The minimum absolute atomic E-state index is 0.839. The van der Waals surface area contributed by atoms with Crippen molar-refractivity contribution in [3.63, 3.8) is 0 Å². The number of aromatic amines is 1. The molecule has 4 heteroatoms. The Labute approximate surface area is 141 Å². The first-order chi connectivity index (χ1) is 11.9. The van der Waals surface area contributed by atoms with Gasteiger partial charge in [0, 0.05) is 25.0 Å². The number of nitrogens with one attached hydrogen (secondary N) is 1. The molecular weight excluding hydrogens is 298 g/mol. The molecule has 122 valence electrons. The third-order valence-corrected chi connectivity index (χ3v) is 4.39. The molecule has 3 aromatic rings. The third kappa shape index (κ3) is 3.40. The Balaban J connectivity index is 1.51. The Morgan fingerprint density at radius 2 is 1.92 bits per heavy atom. The number of ether oxygens (including phenoxy) is 1. The van der Waals surface area contributed by atoms with Gasteiger partial charge in [0.25, 0.3) is 0 Å². The Hall–Kier alpha value is -2.43. The normalized spacial score (nSPS) is 16.2. The number of nitrogens with zero attached hydrogens (tertiary/aromatic N) is 2. The summed E-state index contributed by atoms with van der Waals surface area (Å²) in [5.74, 6) is 0. The molecule has 1 aliphatic heterocycles. The molecule has 1 aliphatic rings. The maximum absolute atomic E-state index is 5.41. The van der Waals surface area contributed by atoms with Crippen molar-refractivity contribution < 1.29 is 4.74 Å². The number of rotatable bonds is 4. The summed E-state index contributed by atoms with van der Waals surface area (Å²) in [4.78, 5) is 2.44. The largest absolute Gasteiger partial charge is 0.379 e. The first kappa shape index (κ1) is 15.1. The van der Waals surface area contributed by atoms with E-state index in [-0.39, 0.29) is 0 Å². The molecule has 0 amide bonds. The summed E-state index contributed by atoms with van der Waals surface area (Å²) in [5, 5.41) is 8.61. The lowest BCUT2D eigenvalue weighted by Crippen LogP contribution is -2.35. The van der Waals surface area contributed by atoms with E-state index < -0.39 is 0 Å². The van der Waals surface area contributed by atoms with E-state index in [0.717, 1.165) is 49.4 Å². The van der Waals surface area contributed by atoms with Gasteiger partial charge in [-0.3, -0.25) is 10.00 Å². The van der Waals surface area contributed by atoms with Crippen molar-refractivity contribution in [2.45, 2.75) is 6.54 Å². The summed E-state index contributed by atoms with van der Waals surface area (Å²) >= 11 is 0. The molecule has 0 atom stereocenters. The lowest BCUT2D eigenvalue weighted by molar-refractivity contribution is 0.0342. The van der Waals surface area contributed by atoms with E-state index in [2.05, 4.69) is 57.6 Å². The molecule has 0 radical (unpaired) electrons. The molecule has 4 nitrogen and oxygen atoms in total. The van der Waals surface area contributed by atoms with Crippen LogP contribution >= 0.6 is 0 Å². The van der Waals surface area contributed by atoms with E-state index >= 15 is 0 Å². The molecule has 0 saturated carbocycles. The van der Waals surface area contributed by atoms with Gasteiger partial charge in [-0.1, -0.05) is 48.5 Å². The molecule has 2 aromatic carbocycles. The van der Waals surface area contributed by atoms with Gasteiger partial charge in [0.1, 0.15) is 0 Å². The number of para-hydroxylation sites is 1. The number of hydrogen-bond acceptors (Lipinski definition) is 3. The predicted molar refractivity (Wildman–Crippen MR) is 97.6 cm³/mol. The van der Waals surface area contributed by atoms with Gasteiger partial charge in [-0.15, -0.1) is 0 Å². The first-order valence-electron chi connectivity index (χ1n) is 8.39. The van der Waals surface area contributed by atoms with Gasteiger partial charge in [-0.25, -0.2) is 0 Å². The zero-order valence-corrected chi connectivity index (χ0v) is 13.6. The molecule has 2 heterocycles. The molecule has 0 aliphatic carbocycles. The standard InChI is InChI=1S/C20H21N3O/c1-2-7-19-18(6-1)20(22-21-19)9-8-16-4-3-5-17(14-16)15-23-10-12-24-13-11-23/h1-9,14H,10-13,15H2,(H,21,22)/b9-8+. The Kier molecular flexibility index (Phi) is 4.40. The van der Waals surface area contributed by atoms with Gasteiger partial charge < -0.3 is 4.74 Å². The van der Waals surface area contributed by atoms with Crippen molar-refractivity contribution in [2.24, 2.45) is 0 Å². The first-order valence-corrected chi connectivity index (χ1v) is 8.39. The SMILES string of the molecule is C(=C\c1n[nH]c2ccccc12)/c1cccc(CN2CCOCC2)c1. The Bertz CT molecular complexity index is 847. The Morgan fingerprint density at radius 3 is 2.83 bits per heavy atom. The zero-order chi connectivity index (χ0) is 16.2. The molecule has 24 heavy (non-hydrogen) atoms. The van der Waals surface area contributed by atoms with Crippen LogP contribution < -0.4 is 0 Å². The van der Waals surface area contributed by atoms with Crippen molar-refractivity contribution in [2.75, 3.05) is 26.3 Å². The highest BCUT2D eigenvalue weighted by Crippen LogP contribution is 2.18. The molecule has 1 aromatic heterocycles. The summed E-state index contributed by atoms with van der Waals surface area (Å²) in [6.07, 6.45) is 4.21. The lowest BCUT2D eigenvalue weighted by atomic mass is 10.1. The van der Waals surface area contributed by atoms with E-state index in [1.54, 1.807) is 0 Å². The van der Waals surface area contributed by atoms with Crippen LogP contribution in [0.25, 0.3) is 23.1 Å². The minimum Gasteiger partial charge on any atom is -0.379 e. The zero-order valence-electron chi connectivity index (χ0n) is 13.6. The van der Waals surface area contributed by atoms with Crippen LogP contribution in [0.2, 0.25) is 0 Å². The van der Waals surface area contributed by atoms with Crippen molar-refractivity contribution in [1.29, 1.82) is 0 Å². The predicted octanol–water partition coefficient (Wildman–Crippen LogP) is 3.57. The molecule has 0 spiro atoms. The second-order valence-electron chi connectivity index (χ2n) is 6.12. The lowest BCUT2D eigenvalue weighted by Gasteiger charge is -2.26. The Morgan fingerprint density at radius 1 is 1.04 bits per heavy atom. The average Bonchev–Trinajstić information content (AvgIpc) is 3.04. The van der Waals surface area contributed by atoms with Gasteiger partial charge >= 0.3 is 0 Å². The highest BCUT2D eigenvalue weighted by Gasteiger charge is 2.10. The van der Waals surface area contributed by atoms with E-state index in [4.69, 9.17) is 4.74 Å². The van der Waals surface area contributed by atoms with E-state index in [9.17, 15) is 0 Å². The van der Waals surface area contributed by atoms with Crippen LogP contribution in [0.5, 0.6) is 0 Å². The van der Waals surface area contributed by atoms with E-state index in [1.165, 1.54) is 11.1 Å². The van der Waals surface area contributed by atoms with E-state index in [0.29, 0.717) is 0 Å². The maximum Gasteiger partial charge on any atom is 0.0927 e. The van der Waals surface area contributed by atoms with Crippen LogP contribution in [0.15, 0.2) is 48.5 Å². The van der Waals surface area contributed by atoms with Gasteiger partial charge in [0.15, 0.2) is 0 Å². The molecule has 1 N–H and O–H groups in total. The van der Waals surface area contributed by atoms with Crippen molar-refractivity contribution in [3.05, 3.63) is 65.4 Å². The third-order valence-electron chi connectivity index (χ3n) is 4.39. The van der Waals surface area contributed by atoms with Crippen molar-refractivity contribution in [3.8, 4) is 0 Å². The molecule has 0 bridgehead atoms. The maximum atomic E-state index is 5.41. The smallest absolute Gasteiger partial charge is 0.0927 e. The summed E-state index contributed by atoms with van der Waals surface area (Å²) < 4.78 is 5.41. The number of morpholine rings is 1. The van der Waals surface area contributed by atoms with E-state index in [1.807, 2.05) is 18.2 Å². The highest BCUT2D eigenvalue weighted by atomic mass is 16.5. The van der Waals surface area contributed by atoms with Crippen LogP contribution in [0, 0.1) is 0 Å². The molecular formula is C20H21N3O. The fraction of sp³-hybridized carbons (Fsp3) is 0.250. The van der Waals surface area contributed by atoms with Crippen molar-refractivity contribution in [1.82, 2.24) is 15.1 Å². The quantitative estimate of drug-likeness (QED) is 0.799. The average molecular weight is 319 g/mol. The number of H-pyrrole nitrogens is 1. The molecule has 4 rings (SSSR count). The molecule has 0 unspecified atom stereocenters. The summed E-state index contributed by atoms with van der Waals surface area (Å²) in [7, 11) is 0. The van der Waals surface area contributed by atoms with Crippen LogP contribution in [-0.2, 0) is 11.3 Å². The number of aromatic nitrogens is 2. The van der Waals surface area contributed by atoms with Crippen molar-refractivity contribution >= 4 is 23.1 Å². The van der Waals surface area contributed by atoms with Crippen LogP contribution in [-0.4, -0.2) is 41.4 Å². The van der Waals surface area contributed by atoms with Crippen LogP contribution in [0.4, 0.5) is 0 Å². The number of hydrogen-bond donors (Lipinski definition) is 1. The summed E-state index contributed by atoms with van der Waals surface area (Å²) in [5.41, 5.74) is 4.58. The fourth-order valence-corrected chi connectivity index (χ4v) is 3.10. The highest BCUT2D eigenvalue weighted by molar-refractivity contribution is 5.89. The molecule has 1 saturated heterocycles. The number of fused-ring (bicyclic) bond motifs is 1. The summed E-state index contributed by atoms with van der Waals surface area (Å²) in [6.45, 7) is 4.69. The van der Waals surface area contributed by atoms with Crippen LogP contribution in [0.3, 0.4) is 0 Å².